The van der Waals surface area contributed by atoms with Crippen molar-refractivity contribution in [3.63, 3.8) is 0 Å². The van der Waals surface area contributed by atoms with Gasteiger partial charge in [-0.3, -0.25) is 4.79 Å². The third kappa shape index (κ3) is 4.82. The maximum atomic E-state index is 11.0. The van der Waals surface area contributed by atoms with Crippen molar-refractivity contribution in [1.82, 2.24) is 0 Å². The first-order chi connectivity index (χ1) is 5.22. The van der Waals surface area contributed by atoms with Crippen molar-refractivity contribution in [2.45, 2.75) is 40.0 Å². The molecule has 0 spiro atoms. The van der Waals surface area contributed by atoms with Crippen molar-refractivity contribution in [1.29, 1.82) is 0 Å². The molecule has 11 heavy (non-hydrogen) atoms. The SMILES string of the molecule is CCCCOC(=O)[C@@H](C)CC. The summed E-state index contributed by atoms with van der Waals surface area (Å²) in [7, 11) is 0. The van der Waals surface area contributed by atoms with Gasteiger partial charge in [-0.25, -0.2) is 0 Å². The van der Waals surface area contributed by atoms with Crippen LogP contribution in [-0.4, -0.2) is 12.6 Å². The molecule has 0 N–H and O–H groups in total. The molecule has 0 aliphatic heterocycles. The summed E-state index contributed by atoms with van der Waals surface area (Å²) in [5.41, 5.74) is 0. The number of carbonyl (C=O) groups is 1. The lowest BCUT2D eigenvalue weighted by Crippen LogP contribution is -2.14. The second-order valence-corrected chi connectivity index (χ2v) is 2.83. The second kappa shape index (κ2) is 6.20. The lowest BCUT2D eigenvalue weighted by molar-refractivity contribution is -0.148. The molecule has 1 atom stereocenters. The summed E-state index contributed by atoms with van der Waals surface area (Å²) in [4.78, 5) is 11.0. The highest BCUT2D eigenvalue weighted by Crippen LogP contribution is 2.03. The predicted molar refractivity (Wildman–Crippen MR) is 45.3 cm³/mol. The number of carbonyl (C=O) groups excluding carboxylic acids is 1. The fourth-order valence-electron chi connectivity index (χ4n) is 0.626. The third-order valence-corrected chi connectivity index (χ3v) is 1.76. The molecule has 0 aromatic heterocycles. The number of hydrogen-bond donors (Lipinski definition) is 0. The molecular weight excluding hydrogens is 140 g/mol. The Hall–Kier alpha value is -0.530. The highest BCUT2D eigenvalue weighted by Gasteiger charge is 2.10. The maximum absolute atomic E-state index is 11.0. The van der Waals surface area contributed by atoms with Crippen molar-refractivity contribution >= 4 is 5.97 Å². The minimum Gasteiger partial charge on any atom is -0.465 e. The van der Waals surface area contributed by atoms with Crippen LogP contribution in [-0.2, 0) is 9.53 Å². The zero-order valence-electron chi connectivity index (χ0n) is 7.72. The van der Waals surface area contributed by atoms with Crippen molar-refractivity contribution in [3.05, 3.63) is 0 Å². The summed E-state index contributed by atoms with van der Waals surface area (Å²) in [5.74, 6) is 0.00723. The smallest absolute Gasteiger partial charge is 0.308 e. The highest BCUT2D eigenvalue weighted by atomic mass is 16.5. The molecular formula is C9H18O2. The summed E-state index contributed by atoms with van der Waals surface area (Å²) in [5, 5.41) is 0. The lowest BCUT2D eigenvalue weighted by atomic mass is 10.1. The molecule has 0 radical (unpaired) electrons. The Labute approximate surface area is 68.9 Å². The van der Waals surface area contributed by atoms with E-state index in [-0.39, 0.29) is 11.9 Å². The molecule has 0 saturated heterocycles. The first-order valence-electron chi connectivity index (χ1n) is 4.39. The molecule has 2 nitrogen and oxygen atoms in total. The van der Waals surface area contributed by atoms with Crippen molar-refractivity contribution in [2.24, 2.45) is 5.92 Å². The van der Waals surface area contributed by atoms with Gasteiger partial charge in [0.1, 0.15) is 0 Å². The molecule has 0 saturated carbocycles. The van der Waals surface area contributed by atoms with Gasteiger partial charge in [-0.1, -0.05) is 27.2 Å². The number of ether oxygens (including phenoxy) is 1. The molecule has 0 aromatic carbocycles. The molecule has 66 valence electrons. The van der Waals surface area contributed by atoms with Crippen molar-refractivity contribution in [2.75, 3.05) is 6.61 Å². The van der Waals surface area contributed by atoms with E-state index < -0.39 is 0 Å². The maximum Gasteiger partial charge on any atom is 0.308 e. The van der Waals surface area contributed by atoms with Gasteiger partial charge in [0.15, 0.2) is 0 Å². The van der Waals surface area contributed by atoms with Crippen LogP contribution in [0.25, 0.3) is 0 Å². The van der Waals surface area contributed by atoms with Crippen LogP contribution in [0.5, 0.6) is 0 Å². The Balaban J connectivity index is 3.36. The molecule has 0 bridgehead atoms. The van der Waals surface area contributed by atoms with E-state index in [2.05, 4.69) is 6.92 Å². The number of unbranched alkanes of at least 4 members (excludes halogenated alkanes) is 1. The van der Waals surface area contributed by atoms with E-state index in [1.54, 1.807) is 0 Å². The molecule has 0 aliphatic carbocycles. The molecule has 0 heterocycles. The van der Waals surface area contributed by atoms with Crippen LogP contribution in [0.4, 0.5) is 0 Å². The topological polar surface area (TPSA) is 26.3 Å². The summed E-state index contributed by atoms with van der Waals surface area (Å²) in [6.07, 6.45) is 2.92. The molecule has 2 heteroatoms. The van der Waals surface area contributed by atoms with E-state index in [1.165, 1.54) is 0 Å². The van der Waals surface area contributed by atoms with Gasteiger partial charge < -0.3 is 4.74 Å². The molecule has 0 rings (SSSR count). The predicted octanol–water partition coefficient (Wildman–Crippen LogP) is 2.38. The van der Waals surface area contributed by atoms with E-state index in [0.717, 1.165) is 19.3 Å². The summed E-state index contributed by atoms with van der Waals surface area (Å²) >= 11 is 0. The van der Waals surface area contributed by atoms with Gasteiger partial charge in [0.05, 0.1) is 12.5 Å². The molecule has 0 amide bonds. The fourth-order valence-corrected chi connectivity index (χ4v) is 0.626. The number of hydrogen-bond acceptors (Lipinski definition) is 2. The Morgan fingerprint density at radius 2 is 2.09 bits per heavy atom. The minimum atomic E-state index is -0.0547. The summed E-state index contributed by atoms with van der Waals surface area (Å²) in [6.45, 7) is 6.55. The first-order valence-corrected chi connectivity index (χ1v) is 4.39. The average Bonchev–Trinajstić information content (AvgIpc) is 2.03. The highest BCUT2D eigenvalue weighted by molar-refractivity contribution is 5.71. The second-order valence-electron chi connectivity index (χ2n) is 2.83. The van der Waals surface area contributed by atoms with E-state index >= 15 is 0 Å². The van der Waals surface area contributed by atoms with Crippen LogP contribution in [0.15, 0.2) is 0 Å². The van der Waals surface area contributed by atoms with Gasteiger partial charge in [-0.05, 0) is 12.8 Å². The van der Waals surface area contributed by atoms with Gasteiger partial charge in [-0.2, -0.15) is 0 Å². The van der Waals surface area contributed by atoms with Crippen LogP contribution >= 0.6 is 0 Å². The van der Waals surface area contributed by atoms with Gasteiger partial charge >= 0.3 is 5.97 Å². The van der Waals surface area contributed by atoms with Gasteiger partial charge in [0.25, 0.3) is 0 Å². The quantitative estimate of drug-likeness (QED) is 0.453. The monoisotopic (exact) mass is 158 g/mol. The molecule has 0 fully saturated rings. The van der Waals surface area contributed by atoms with Crippen LogP contribution in [0.2, 0.25) is 0 Å². The molecule has 0 unspecified atom stereocenters. The molecule has 0 aromatic rings. The lowest BCUT2D eigenvalue weighted by Gasteiger charge is -2.07. The standard InChI is InChI=1S/C9H18O2/c1-4-6-7-11-9(10)8(3)5-2/h8H,4-7H2,1-3H3/t8-/m0/s1. The number of esters is 1. The van der Waals surface area contributed by atoms with Gasteiger partial charge in [0.2, 0.25) is 0 Å². The van der Waals surface area contributed by atoms with Crippen LogP contribution < -0.4 is 0 Å². The molecule has 0 aliphatic rings. The largest absolute Gasteiger partial charge is 0.465 e. The van der Waals surface area contributed by atoms with Crippen molar-refractivity contribution < 1.29 is 9.53 Å². The Morgan fingerprint density at radius 3 is 2.55 bits per heavy atom. The first kappa shape index (κ1) is 10.5. The normalized spacial score (nSPS) is 12.6. The number of rotatable bonds is 5. The van der Waals surface area contributed by atoms with Crippen LogP contribution in [0.1, 0.15) is 40.0 Å². The third-order valence-electron chi connectivity index (χ3n) is 1.76. The van der Waals surface area contributed by atoms with E-state index in [9.17, 15) is 4.79 Å². The van der Waals surface area contributed by atoms with Crippen LogP contribution in [0.3, 0.4) is 0 Å². The Bertz CT molecular complexity index is 110. The Kier molecular flexibility index (Phi) is 5.90. The Morgan fingerprint density at radius 1 is 1.45 bits per heavy atom. The van der Waals surface area contributed by atoms with E-state index in [4.69, 9.17) is 4.74 Å². The summed E-state index contributed by atoms with van der Waals surface area (Å²) in [6, 6.07) is 0. The minimum absolute atomic E-state index is 0.0547. The van der Waals surface area contributed by atoms with Crippen molar-refractivity contribution in [3.8, 4) is 0 Å². The van der Waals surface area contributed by atoms with Gasteiger partial charge in [-0.15, -0.1) is 0 Å². The zero-order chi connectivity index (χ0) is 8.69. The van der Waals surface area contributed by atoms with E-state index in [1.807, 2.05) is 13.8 Å². The van der Waals surface area contributed by atoms with Crippen LogP contribution in [0, 0.1) is 5.92 Å². The zero-order valence-corrected chi connectivity index (χ0v) is 7.72. The van der Waals surface area contributed by atoms with Gasteiger partial charge in [0, 0.05) is 0 Å². The fraction of sp³-hybridized carbons (Fsp3) is 0.889. The average molecular weight is 158 g/mol. The van der Waals surface area contributed by atoms with E-state index in [0.29, 0.717) is 6.61 Å². The summed E-state index contributed by atoms with van der Waals surface area (Å²) < 4.78 is 5.00.